The van der Waals surface area contributed by atoms with Crippen molar-refractivity contribution in [2.45, 2.75) is 0 Å². The van der Waals surface area contributed by atoms with Crippen LogP contribution in [0.15, 0.2) is 0 Å². The van der Waals surface area contributed by atoms with Crippen LogP contribution in [0.1, 0.15) is 0 Å². The minimum absolute atomic E-state index is 0.0300. The first kappa shape index (κ1) is 31.0. The third-order valence-corrected chi connectivity index (χ3v) is 6.40. The zero-order valence-electron chi connectivity index (χ0n) is 16.9. The Balaban J connectivity index is 3.33. The van der Waals surface area contributed by atoms with Crippen molar-refractivity contribution in [2.75, 3.05) is 78.1 Å². The lowest BCUT2D eigenvalue weighted by Crippen LogP contribution is -2.12. The van der Waals surface area contributed by atoms with Gasteiger partial charge < -0.3 is 24.4 Å². The van der Waals surface area contributed by atoms with Crippen molar-refractivity contribution < 1.29 is 48.6 Å². The molecule has 0 saturated heterocycles. The molecule has 10 nitrogen and oxygen atoms in total. The monoisotopic (exact) mass is 540 g/mol. The van der Waals surface area contributed by atoms with Gasteiger partial charge in [-0.25, -0.2) is 9.78 Å². The summed E-state index contributed by atoms with van der Waals surface area (Å²) < 4.78 is 14.8. The second-order valence-corrected chi connectivity index (χ2v) is 10.0. The van der Waals surface area contributed by atoms with Crippen LogP contribution in [-0.4, -0.2) is 106 Å². The second-order valence-electron chi connectivity index (χ2n) is 4.97. The van der Waals surface area contributed by atoms with E-state index in [-0.39, 0.29) is 60.2 Å². The van der Waals surface area contributed by atoms with Crippen molar-refractivity contribution in [3.63, 3.8) is 0 Å². The van der Waals surface area contributed by atoms with E-state index in [9.17, 15) is 14.4 Å². The largest absolute Gasteiger partial charge is 0.454 e. The predicted octanol–water partition coefficient (Wildman–Crippen LogP) is 1.04. The minimum Gasteiger partial charge on any atom is -0.454 e. The standard InChI is InChI=1S/C16H28O10S5/c17-1-4-28-10-22-14(19)7-27-6-3-25-26-13-31-12-24-16(21)9-30-8-15(20)23-11-29-5-2-18/h17-18H,1-13H2. The molecule has 0 saturated carbocycles. The highest BCUT2D eigenvalue weighted by molar-refractivity contribution is 8.01. The molecule has 0 aromatic carbocycles. The summed E-state index contributed by atoms with van der Waals surface area (Å²) in [5.74, 6) is 1.39. The predicted molar refractivity (Wildman–Crippen MR) is 126 cm³/mol. The van der Waals surface area contributed by atoms with E-state index in [1.165, 1.54) is 47.0 Å². The van der Waals surface area contributed by atoms with Gasteiger partial charge in [0.05, 0.1) is 37.1 Å². The van der Waals surface area contributed by atoms with Gasteiger partial charge in [0, 0.05) is 17.3 Å². The number of ether oxygens (including phenoxy) is 3. The Kier molecular flexibility index (Phi) is 24.6. The van der Waals surface area contributed by atoms with Crippen molar-refractivity contribution in [3.05, 3.63) is 0 Å². The number of carbonyl (C=O) groups excluding carboxylic acids is 3. The normalized spacial score (nSPS) is 10.6. The van der Waals surface area contributed by atoms with Crippen LogP contribution in [0.25, 0.3) is 0 Å². The Morgan fingerprint density at radius 3 is 1.55 bits per heavy atom. The summed E-state index contributed by atoms with van der Waals surface area (Å²) >= 11 is 6.30. The summed E-state index contributed by atoms with van der Waals surface area (Å²) in [6.45, 7) is 0.379. The van der Waals surface area contributed by atoms with Crippen LogP contribution in [-0.2, 0) is 38.4 Å². The Hall–Kier alpha value is -0.000000000000000187. The fraction of sp³-hybridized carbons (Fsp3) is 0.812. The van der Waals surface area contributed by atoms with Crippen molar-refractivity contribution in [1.82, 2.24) is 0 Å². The first-order chi connectivity index (χ1) is 15.1. The van der Waals surface area contributed by atoms with Crippen LogP contribution in [0.5, 0.6) is 0 Å². The number of thioether (sulfide) groups is 5. The molecule has 0 bridgehead atoms. The van der Waals surface area contributed by atoms with Gasteiger partial charge in [0.2, 0.25) is 0 Å². The van der Waals surface area contributed by atoms with E-state index in [0.717, 1.165) is 11.8 Å². The van der Waals surface area contributed by atoms with E-state index in [4.69, 9.17) is 34.2 Å². The first-order valence-electron chi connectivity index (χ1n) is 8.91. The maximum atomic E-state index is 11.5. The maximum absolute atomic E-state index is 11.5. The highest BCUT2D eigenvalue weighted by Crippen LogP contribution is 2.08. The molecule has 0 aromatic rings. The van der Waals surface area contributed by atoms with Crippen molar-refractivity contribution in [2.24, 2.45) is 0 Å². The van der Waals surface area contributed by atoms with Crippen LogP contribution in [0.3, 0.4) is 0 Å². The van der Waals surface area contributed by atoms with Crippen LogP contribution >= 0.6 is 58.8 Å². The molecule has 0 rings (SSSR count). The number of hydrogen-bond donors (Lipinski definition) is 2. The Bertz CT molecular complexity index is 472. The number of rotatable bonds is 22. The van der Waals surface area contributed by atoms with Crippen LogP contribution in [0.4, 0.5) is 0 Å². The van der Waals surface area contributed by atoms with E-state index in [1.807, 2.05) is 0 Å². The molecule has 182 valence electrons. The Morgan fingerprint density at radius 1 is 0.548 bits per heavy atom. The molecule has 0 amide bonds. The van der Waals surface area contributed by atoms with Crippen LogP contribution in [0, 0.1) is 0 Å². The molecular formula is C16H28O10S5. The van der Waals surface area contributed by atoms with E-state index in [0.29, 0.717) is 23.9 Å². The van der Waals surface area contributed by atoms with Gasteiger partial charge in [0.25, 0.3) is 0 Å². The van der Waals surface area contributed by atoms with Crippen molar-refractivity contribution >= 4 is 76.7 Å². The number of carbonyl (C=O) groups is 3. The van der Waals surface area contributed by atoms with Gasteiger partial charge in [0.15, 0.2) is 0 Å². The lowest BCUT2D eigenvalue weighted by atomic mass is 10.8. The average Bonchev–Trinajstić information content (AvgIpc) is 2.75. The van der Waals surface area contributed by atoms with Gasteiger partial charge in [-0.3, -0.25) is 14.4 Å². The summed E-state index contributed by atoms with van der Waals surface area (Å²) in [4.78, 5) is 44.1. The molecule has 0 fully saturated rings. The van der Waals surface area contributed by atoms with Crippen LogP contribution < -0.4 is 0 Å². The van der Waals surface area contributed by atoms with Gasteiger partial charge in [-0.15, -0.1) is 47.0 Å². The molecule has 0 unspecified atom stereocenters. The molecule has 0 aliphatic carbocycles. The quantitative estimate of drug-likeness (QED) is 0.0504. The SMILES string of the molecule is O=C(CSCCOOCSCOC(=O)CSCC(=O)OCSCCO)OCSCCO. The molecule has 0 radical (unpaired) electrons. The zero-order chi connectivity index (χ0) is 23.0. The summed E-state index contributed by atoms with van der Waals surface area (Å²) in [5.41, 5.74) is 0. The molecule has 0 aliphatic rings. The molecule has 0 aliphatic heterocycles. The molecule has 0 aromatic heterocycles. The minimum atomic E-state index is -0.445. The lowest BCUT2D eigenvalue weighted by Gasteiger charge is -2.06. The summed E-state index contributed by atoms with van der Waals surface area (Å²) in [6.07, 6.45) is 0. The van der Waals surface area contributed by atoms with E-state index in [1.54, 1.807) is 0 Å². The fourth-order valence-electron chi connectivity index (χ4n) is 1.32. The topological polar surface area (TPSA) is 138 Å². The van der Waals surface area contributed by atoms with Crippen molar-refractivity contribution in [3.8, 4) is 0 Å². The van der Waals surface area contributed by atoms with Gasteiger partial charge in [-0.05, 0) is 0 Å². The molecule has 0 spiro atoms. The third kappa shape index (κ3) is 24.5. The molecular weight excluding hydrogens is 513 g/mol. The van der Waals surface area contributed by atoms with Crippen LogP contribution in [0.2, 0.25) is 0 Å². The first-order valence-corrected chi connectivity index (χ1v) is 14.7. The zero-order valence-corrected chi connectivity index (χ0v) is 21.0. The van der Waals surface area contributed by atoms with E-state index >= 15 is 0 Å². The fourth-order valence-corrected chi connectivity index (χ4v) is 3.85. The highest BCUT2D eigenvalue weighted by atomic mass is 32.2. The molecule has 0 atom stereocenters. The molecule has 15 heteroatoms. The van der Waals surface area contributed by atoms with Gasteiger partial charge in [-0.1, -0.05) is 11.8 Å². The number of aliphatic hydroxyl groups excluding tert-OH is 2. The number of aliphatic hydroxyl groups is 2. The smallest absolute Gasteiger partial charge is 0.316 e. The highest BCUT2D eigenvalue weighted by Gasteiger charge is 2.08. The number of hydrogen-bond acceptors (Lipinski definition) is 15. The summed E-state index contributed by atoms with van der Waals surface area (Å²) in [5, 5.41) is 17.2. The van der Waals surface area contributed by atoms with E-state index in [2.05, 4.69) is 0 Å². The van der Waals surface area contributed by atoms with E-state index < -0.39 is 11.9 Å². The third-order valence-electron chi connectivity index (χ3n) is 2.57. The average molecular weight is 541 g/mol. The van der Waals surface area contributed by atoms with Crippen molar-refractivity contribution in [1.29, 1.82) is 0 Å². The molecule has 0 heterocycles. The Morgan fingerprint density at radius 2 is 1.03 bits per heavy atom. The Labute approximate surface area is 202 Å². The summed E-state index contributed by atoms with van der Waals surface area (Å²) in [7, 11) is 0. The molecule has 2 N–H and O–H groups in total. The second kappa shape index (κ2) is 24.6. The summed E-state index contributed by atoms with van der Waals surface area (Å²) in [6, 6.07) is 0. The van der Waals surface area contributed by atoms with Gasteiger partial charge >= 0.3 is 17.9 Å². The molecule has 31 heavy (non-hydrogen) atoms. The lowest BCUT2D eigenvalue weighted by molar-refractivity contribution is -0.274. The maximum Gasteiger partial charge on any atom is 0.316 e. The van der Waals surface area contributed by atoms with Gasteiger partial charge in [-0.2, -0.15) is 0 Å². The number of esters is 3. The van der Waals surface area contributed by atoms with Gasteiger partial charge in [0.1, 0.15) is 23.8 Å².